The molecule has 3 rings (SSSR count). The molecule has 7 heteroatoms. The molecular formula is C20H17ClN4O2. The number of amides is 1. The number of anilines is 1. The zero-order chi connectivity index (χ0) is 19.2. The molecule has 0 aliphatic carbocycles. The number of rotatable bonds is 6. The molecule has 0 radical (unpaired) electrons. The van der Waals surface area contributed by atoms with Crippen molar-refractivity contribution >= 4 is 23.2 Å². The number of nitrogens with zero attached hydrogens (tertiary/aromatic N) is 3. The average Bonchev–Trinajstić information content (AvgIpc) is 3.11. The van der Waals surface area contributed by atoms with Crippen LogP contribution in [0.15, 0.2) is 54.7 Å². The van der Waals surface area contributed by atoms with Gasteiger partial charge in [0.15, 0.2) is 0 Å². The first-order valence-electron chi connectivity index (χ1n) is 8.26. The summed E-state index contributed by atoms with van der Waals surface area (Å²) >= 11 is 5.90. The van der Waals surface area contributed by atoms with E-state index in [0.29, 0.717) is 28.5 Å². The topological polar surface area (TPSA) is 79.9 Å². The fraction of sp³-hybridized carbons (Fsp3) is 0.150. The maximum Gasteiger partial charge on any atom is 0.226 e. The molecule has 0 fully saturated rings. The molecule has 0 bridgehead atoms. The van der Waals surface area contributed by atoms with Gasteiger partial charge in [-0.15, -0.1) is 0 Å². The summed E-state index contributed by atoms with van der Waals surface area (Å²) in [5.41, 5.74) is 2.52. The molecule has 6 nitrogen and oxygen atoms in total. The smallest absolute Gasteiger partial charge is 0.226 e. The number of nitriles is 1. The largest absolute Gasteiger partial charge is 0.497 e. The number of nitrogens with one attached hydrogen (secondary N) is 1. The molecule has 136 valence electrons. The van der Waals surface area contributed by atoms with Crippen molar-refractivity contribution in [3.8, 4) is 23.1 Å². The van der Waals surface area contributed by atoms with Crippen molar-refractivity contribution in [2.45, 2.75) is 13.0 Å². The summed E-state index contributed by atoms with van der Waals surface area (Å²) in [5, 5.41) is 17.2. The van der Waals surface area contributed by atoms with E-state index in [2.05, 4.69) is 16.5 Å². The second-order valence-corrected chi connectivity index (χ2v) is 6.24. The lowest BCUT2D eigenvalue weighted by Gasteiger charge is -2.06. The van der Waals surface area contributed by atoms with Gasteiger partial charge in [-0.1, -0.05) is 23.7 Å². The Morgan fingerprint density at radius 2 is 1.93 bits per heavy atom. The molecule has 1 amide bonds. The monoisotopic (exact) mass is 380 g/mol. The highest BCUT2D eigenvalue weighted by atomic mass is 35.5. The highest BCUT2D eigenvalue weighted by Crippen LogP contribution is 2.23. The Hall–Kier alpha value is -3.30. The molecule has 1 aromatic heterocycles. The summed E-state index contributed by atoms with van der Waals surface area (Å²) in [6, 6.07) is 16.4. The van der Waals surface area contributed by atoms with Crippen LogP contribution in [0.1, 0.15) is 12.0 Å². The summed E-state index contributed by atoms with van der Waals surface area (Å²) in [6.07, 6.45) is 1.88. The van der Waals surface area contributed by atoms with Crippen LogP contribution in [0.25, 0.3) is 11.3 Å². The Kier molecular flexibility index (Phi) is 5.74. The van der Waals surface area contributed by atoms with Gasteiger partial charge in [-0.3, -0.25) is 9.48 Å². The van der Waals surface area contributed by atoms with Crippen LogP contribution in [0.4, 0.5) is 5.69 Å². The Balaban J connectivity index is 1.64. The molecule has 0 aliphatic heterocycles. The number of aryl methyl sites for hydroxylation is 1. The Bertz CT molecular complexity index is 973. The van der Waals surface area contributed by atoms with Gasteiger partial charge in [-0.05, 0) is 36.4 Å². The molecule has 1 heterocycles. The Labute approximate surface area is 161 Å². The average molecular weight is 381 g/mol. The number of halogens is 1. The van der Waals surface area contributed by atoms with Gasteiger partial charge in [-0.2, -0.15) is 10.4 Å². The van der Waals surface area contributed by atoms with Crippen LogP contribution in [0.2, 0.25) is 5.02 Å². The van der Waals surface area contributed by atoms with Crippen molar-refractivity contribution in [3.05, 3.63) is 65.3 Å². The van der Waals surface area contributed by atoms with Crippen LogP contribution in [0, 0.1) is 11.3 Å². The quantitative estimate of drug-likeness (QED) is 0.697. The lowest BCUT2D eigenvalue weighted by atomic mass is 10.1. The van der Waals surface area contributed by atoms with Crippen molar-refractivity contribution in [1.82, 2.24) is 9.78 Å². The lowest BCUT2D eigenvalue weighted by molar-refractivity contribution is -0.116. The minimum absolute atomic E-state index is 0.137. The molecule has 27 heavy (non-hydrogen) atoms. The number of hydrogen-bond donors (Lipinski definition) is 1. The number of carbonyl (C=O) groups excluding carboxylic acids is 1. The van der Waals surface area contributed by atoms with Crippen LogP contribution in [0.5, 0.6) is 5.75 Å². The van der Waals surface area contributed by atoms with Crippen LogP contribution in [0.3, 0.4) is 0 Å². The van der Waals surface area contributed by atoms with Crippen molar-refractivity contribution in [3.63, 3.8) is 0 Å². The summed E-state index contributed by atoms with van der Waals surface area (Å²) in [5.74, 6) is 0.588. The molecule has 0 saturated heterocycles. The van der Waals surface area contributed by atoms with E-state index in [1.165, 1.54) is 0 Å². The van der Waals surface area contributed by atoms with Gasteiger partial charge >= 0.3 is 0 Å². The zero-order valence-electron chi connectivity index (χ0n) is 14.6. The van der Waals surface area contributed by atoms with E-state index < -0.39 is 0 Å². The predicted molar refractivity (Wildman–Crippen MR) is 104 cm³/mol. The normalized spacial score (nSPS) is 10.3. The Morgan fingerprint density at radius 3 is 2.56 bits per heavy atom. The summed E-state index contributed by atoms with van der Waals surface area (Å²) < 4.78 is 6.70. The van der Waals surface area contributed by atoms with Crippen molar-refractivity contribution < 1.29 is 9.53 Å². The van der Waals surface area contributed by atoms with Gasteiger partial charge in [0, 0.05) is 35.4 Å². The molecule has 0 saturated carbocycles. The molecule has 0 aliphatic rings. The first-order chi connectivity index (χ1) is 13.1. The number of aromatic nitrogens is 2. The SMILES string of the molecule is COc1ccc(NC(=O)CCn2cc(C#N)c(-c3ccc(Cl)cc3)n2)cc1. The Morgan fingerprint density at radius 1 is 1.22 bits per heavy atom. The summed E-state index contributed by atoms with van der Waals surface area (Å²) in [7, 11) is 1.59. The fourth-order valence-corrected chi connectivity index (χ4v) is 2.68. The number of ether oxygens (including phenoxy) is 1. The highest BCUT2D eigenvalue weighted by Gasteiger charge is 2.12. The predicted octanol–water partition coefficient (Wildman–Crippen LogP) is 4.11. The number of carbonyl (C=O) groups is 1. The first-order valence-corrected chi connectivity index (χ1v) is 8.64. The minimum Gasteiger partial charge on any atom is -0.497 e. The third-order valence-electron chi connectivity index (χ3n) is 3.94. The second kappa shape index (κ2) is 8.39. The number of benzene rings is 2. The van der Waals surface area contributed by atoms with Gasteiger partial charge in [-0.25, -0.2) is 0 Å². The van der Waals surface area contributed by atoms with E-state index in [9.17, 15) is 10.1 Å². The minimum atomic E-state index is -0.137. The molecule has 0 spiro atoms. The lowest BCUT2D eigenvalue weighted by Crippen LogP contribution is -2.14. The van der Waals surface area contributed by atoms with Crippen molar-refractivity contribution in [1.29, 1.82) is 5.26 Å². The maximum atomic E-state index is 12.1. The number of methoxy groups -OCH3 is 1. The van der Waals surface area contributed by atoms with Gasteiger partial charge in [0.25, 0.3) is 0 Å². The highest BCUT2D eigenvalue weighted by molar-refractivity contribution is 6.30. The molecule has 1 N–H and O–H groups in total. The van der Waals surface area contributed by atoms with E-state index in [-0.39, 0.29) is 12.3 Å². The molecule has 0 atom stereocenters. The van der Waals surface area contributed by atoms with Crippen LogP contribution < -0.4 is 10.1 Å². The van der Waals surface area contributed by atoms with Crippen molar-refractivity contribution in [2.75, 3.05) is 12.4 Å². The first kappa shape index (κ1) is 18.5. The van der Waals surface area contributed by atoms with Gasteiger partial charge in [0.1, 0.15) is 17.5 Å². The standard InChI is InChI=1S/C20H17ClN4O2/c1-27-18-8-6-17(7-9-18)23-19(26)10-11-25-13-15(12-22)20(24-25)14-2-4-16(21)5-3-14/h2-9,13H,10-11H2,1H3,(H,23,26). The van der Waals surface area contributed by atoms with Gasteiger partial charge in [0.05, 0.1) is 12.7 Å². The third kappa shape index (κ3) is 4.66. The third-order valence-corrected chi connectivity index (χ3v) is 4.19. The maximum absolute atomic E-state index is 12.1. The van der Waals surface area contributed by atoms with E-state index in [4.69, 9.17) is 16.3 Å². The van der Waals surface area contributed by atoms with E-state index in [1.54, 1.807) is 54.4 Å². The van der Waals surface area contributed by atoms with Crippen molar-refractivity contribution in [2.24, 2.45) is 0 Å². The van der Waals surface area contributed by atoms with Crippen LogP contribution in [-0.4, -0.2) is 22.8 Å². The molecule has 2 aromatic carbocycles. The van der Waals surface area contributed by atoms with E-state index in [0.717, 1.165) is 11.3 Å². The summed E-state index contributed by atoms with van der Waals surface area (Å²) in [4.78, 5) is 12.1. The second-order valence-electron chi connectivity index (χ2n) is 5.80. The van der Waals surface area contributed by atoms with Crippen LogP contribution >= 0.6 is 11.6 Å². The van der Waals surface area contributed by atoms with E-state index >= 15 is 0 Å². The molecular weight excluding hydrogens is 364 g/mol. The number of hydrogen-bond acceptors (Lipinski definition) is 4. The molecule has 3 aromatic rings. The molecule has 0 unspecified atom stereocenters. The fourth-order valence-electron chi connectivity index (χ4n) is 2.55. The zero-order valence-corrected chi connectivity index (χ0v) is 15.4. The summed E-state index contributed by atoms with van der Waals surface area (Å²) in [6.45, 7) is 0.365. The van der Waals surface area contributed by atoms with E-state index in [1.807, 2.05) is 12.1 Å². The van der Waals surface area contributed by atoms with Gasteiger partial charge < -0.3 is 10.1 Å². The van der Waals surface area contributed by atoms with Crippen LogP contribution in [-0.2, 0) is 11.3 Å². The van der Waals surface area contributed by atoms with Gasteiger partial charge in [0.2, 0.25) is 5.91 Å².